The van der Waals surface area contributed by atoms with Gasteiger partial charge in [0, 0.05) is 6.42 Å². The smallest absolute Gasteiger partial charge is 0.124 e. The minimum Gasteiger partial charge on any atom is -0.243 e. The van der Waals surface area contributed by atoms with E-state index in [1.807, 2.05) is 0 Å². The summed E-state index contributed by atoms with van der Waals surface area (Å²) in [6, 6.07) is 0. The van der Waals surface area contributed by atoms with Crippen LogP contribution in [0.1, 0.15) is 13.3 Å². The predicted octanol–water partition coefficient (Wildman–Crippen LogP) is 2.87. The van der Waals surface area contributed by atoms with Crippen LogP contribution in [0.15, 0.2) is 23.6 Å². The monoisotopic (exact) mass is 162 g/mol. The number of hydrogen-bond donors (Lipinski definition) is 0. The highest BCUT2D eigenvalue weighted by atomic mass is 19.2. The molecule has 0 amide bonds. The molecule has 0 nitrogen and oxygen atoms in total. The summed E-state index contributed by atoms with van der Waals surface area (Å²) in [5.74, 6) is -0.655. The van der Waals surface area contributed by atoms with Gasteiger partial charge in [-0.1, -0.05) is 0 Å². The minimum atomic E-state index is -1.50. The maximum atomic E-state index is 12.6. The zero-order valence-corrected chi connectivity index (χ0v) is 6.15. The highest BCUT2D eigenvalue weighted by molar-refractivity contribution is 5.27. The molecule has 0 heterocycles. The molecule has 0 N–H and O–H groups in total. The molecule has 0 aromatic rings. The second kappa shape index (κ2) is 3.11. The summed E-state index contributed by atoms with van der Waals surface area (Å²) in [5.41, 5.74) is 0.178. The first-order valence-corrected chi connectivity index (χ1v) is 3.44. The van der Waals surface area contributed by atoms with Crippen molar-refractivity contribution in [3.63, 3.8) is 0 Å². The van der Waals surface area contributed by atoms with Gasteiger partial charge in [-0.15, -0.1) is 0 Å². The van der Waals surface area contributed by atoms with Crippen molar-refractivity contribution < 1.29 is 13.2 Å². The third-order valence-corrected chi connectivity index (χ3v) is 1.59. The summed E-state index contributed by atoms with van der Waals surface area (Å²) in [7, 11) is 0. The van der Waals surface area contributed by atoms with E-state index in [-0.39, 0.29) is 12.0 Å². The van der Waals surface area contributed by atoms with Crippen molar-refractivity contribution in [2.24, 2.45) is 0 Å². The Balaban J connectivity index is 2.84. The average Bonchev–Trinajstić information content (AvgIpc) is 1.93. The minimum absolute atomic E-state index is 0.178. The molecule has 1 aliphatic rings. The molecule has 11 heavy (non-hydrogen) atoms. The fraction of sp³-hybridized carbons (Fsp3) is 0.500. The molecule has 0 aliphatic heterocycles. The summed E-state index contributed by atoms with van der Waals surface area (Å²) in [4.78, 5) is 0. The van der Waals surface area contributed by atoms with Crippen LogP contribution in [0.4, 0.5) is 13.2 Å². The molecule has 0 saturated carbocycles. The van der Waals surface area contributed by atoms with Crippen LogP contribution in [0.5, 0.6) is 0 Å². The Labute approximate surface area is 63.4 Å². The molecule has 1 aliphatic carbocycles. The summed E-state index contributed by atoms with van der Waals surface area (Å²) in [6.07, 6.45) is -1.23. The number of allylic oxidation sites excluding steroid dienone is 4. The Morgan fingerprint density at radius 3 is 2.45 bits per heavy atom. The fourth-order valence-electron chi connectivity index (χ4n) is 0.992. The van der Waals surface area contributed by atoms with Gasteiger partial charge in [0.1, 0.15) is 18.2 Å². The lowest BCUT2D eigenvalue weighted by Gasteiger charge is -2.00. The SMILES string of the molecule is CC1=CC(F)CC(F)C=C1F. The lowest BCUT2D eigenvalue weighted by molar-refractivity contribution is 0.288. The first-order chi connectivity index (χ1) is 5.09. The third-order valence-electron chi connectivity index (χ3n) is 1.59. The largest absolute Gasteiger partial charge is 0.243 e. The molecule has 3 heteroatoms. The zero-order chi connectivity index (χ0) is 8.43. The van der Waals surface area contributed by atoms with Crippen LogP contribution in [-0.2, 0) is 0 Å². The van der Waals surface area contributed by atoms with E-state index in [1.165, 1.54) is 6.92 Å². The van der Waals surface area contributed by atoms with Crippen LogP contribution in [0.2, 0.25) is 0 Å². The van der Waals surface area contributed by atoms with E-state index < -0.39 is 18.2 Å². The van der Waals surface area contributed by atoms with E-state index in [0.717, 1.165) is 12.2 Å². The number of hydrogen-bond acceptors (Lipinski definition) is 0. The summed E-state index contributed by atoms with van der Waals surface area (Å²) >= 11 is 0. The second-order valence-corrected chi connectivity index (χ2v) is 2.63. The molecule has 0 saturated heterocycles. The number of rotatable bonds is 0. The van der Waals surface area contributed by atoms with Crippen LogP contribution in [0.25, 0.3) is 0 Å². The highest BCUT2D eigenvalue weighted by Crippen LogP contribution is 2.22. The third kappa shape index (κ3) is 2.10. The molecule has 0 aromatic heterocycles. The molecule has 2 unspecified atom stereocenters. The van der Waals surface area contributed by atoms with Gasteiger partial charge in [-0.2, -0.15) is 0 Å². The Hall–Kier alpha value is -0.730. The Morgan fingerprint density at radius 1 is 1.27 bits per heavy atom. The Bertz CT molecular complexity index is 183. The molecule has 2 atom stereocenters. The first-order valence-electron chi connectivity index (χ1n) is 3.44. The van der Waals surface area contributed by atoms with Crippen LogP contribution >= 0.6 is 0 Å². The molecule has 1 rings (SSSR count). The van der Waals surface area contributed by atoms with E-state index >= 15 is 0 Å². The summed E-state index contributed by atoms with van der Waals surface area (Å²) < 4.78 is 37.8. The Morgan fingerprint density at radius 2 is 1.82 bits per heavy atom. The van der Waals surface area contributed by atoms with Gasteiger partial charge >= 0.3 is 0 Å². The van der Waals surface area contributed by atoms with Gasteiger partial charge in [0.2, 0.25) is 0 Å². The van der Waals surface area contributed by atoms with Crippen LogP contribution in [-0.4, -0.2) is 12.3 Å². The fourth-order valence-corrected chi connectivity index (χ4v) is 0.992. The molecule has 0 radical (unpaired) electrons. The van der Waals surface area contributed by atoms with Crippen molar-refractivity contribution in [3.8, 4) is 0 Å². The van der Waals surface area contributed by atoms with Gasteiger partial charge in [0.15, 0.2) is 0 Å². The second-order valence-electron chi connectivity index (χ2n) is 2.63. The van der Waals surface area contributed by atoms with Gasteiger partial charge in [0.05, 0.1) is 0 Å². The first kappa shape index (κ1) is 8.37. The number of halogens is 3. The van der Waals surface area contributed by atoms with Crippen molar-refractivity contribution in [1.29, 1.82) is 0 Å². The maximum Gasteiger partial charge on any atom is 0.124 e. The van der Waals surface area contributed by atoms with Crippen molar-refractivity contribution in [1.82, 2.24) is 0 Å². The molecular formula is C8H9F3. The average molecular weight is 162 g/mol. The normalized spacial score (nSPS) is 32.4. The predicted molar refractivity (Wildman–Crippen MR) is 37.4 cm³/mol. The summed E-state index contributed by atoms with van der Waals surface area (Å²) in [5, 5.41) is 0. The topological polar surface area (TPSA) is 0 Å². The van der Waals surface area contributed by atoms with Crippen molar-refractivity contribution in [2.75, 3.05) is 0 Å². The van der Waals surface area contributed by atoms with E-state index in [2.05, 4.69) is 0 Å². The molecular weight excluding hydrogens is 153 g/mol. The molecule has 62 valence electrons. The van der Waals surface area contributed by atoms with E-state index in [0.29, 0.717) is 0 Å². The van der Waals surface area contributed by atoms with Crippen molar-refractivity contribution >= 4 is 0 Å². The van der Waals surface area contributed by atoms with Crippen molar-refractivity contribution in [2.45, 2.75) is 25.7 Å². The Kier molecular flexibility index (Phi) is 2.37. The quantitative estimate of drug-likeness (QED) is 0.513. The maximum absolute atomic E-state index is 12.6. The van der Waals surface area contributed by atoms with Crippen LogP contribution in [0, 0.1) is 0 Å². The summed E-state index contributed by atoms with van der Waals surface area (Å²) in [6.45, 7) is 1.43. The zero-order valence-electron chi connectivity index (χ0n) is 6.15. The van der Waals surface area contributed by atoms with Crippen LogP contribution in [0.3, 0.4) is 0 Å². The molecule has 0 fully saturated rings. The highest BCUT2D eigenvalue weighted by Gasteiger charge is 2.17. The van der Waals surface area contributed by atoms with Gasteiger partial charge in [-0.25, -0.2) is 13.2 Å². The van der Waals surface area contributed by atoms with Crippen molar-refractivity contribution in [3.05, 3.63) is 23.6 Å². The van der Waals surface area contributed by atoms with Gasteiger partial charge in [-0.3, -0.25) is 0 Å². The standard InChI is InChI=1S/C8H9F3/c1-5-2-6(9)3-7(10)4-8(5)11/h2,4,6-7H,3H2,1H3. The van der Waals surface area contributed by atoms with E-state index in [1.54, 1.807) is 0 Å². The molecule has 0 bridgehead atoms. The van der Waals surface area contributed by atoms with Gasteiger partial charge in [-0.05, 0) is 24.6 Å². The number of alkyl halides is 2. The van der Waals surface area contributed by atoms with Gasteiger partial charge in [0.25, 0.3) is 0 Å². The molecule has 0 aromatic carbocycles. The lowest BCUT2D eigenvalue weighted by Crippen LogP contribution is -2.03. The lowest BCUT2D eigenvalue weighted by atomic mass is 10.2. The van der Waals surface area contributed by atoms with Gasteiger partial charge < -0.3 is 0 Å². The van der Waals surface area contributed by atoms with E-state index in [9.17, 15) is 13.2 Å². The van der Waals surface area contributed by atoms with Crippen LogP contribution < -0.4 is 0 Å². The molecule has 0 spiro atoms. The van der Waals surface area contributed by atoms with E-state index in [4.69, 9.17) is 0 Å².